The molecular weight excluding hydrogens is 330 g/mol. The number of hydrogen-bond donors (Lipinski definition) is 0. The Morgan fingerprint density at radius 1 is 1.12 bits per heavy atom. The molecule has 3 heterocycles. The molecule has 0 bridgehead atoms. The number of benzene rings is 1. The lowest BCUT2D eigenvalue weighted by molar-refractivity contribution is -0.132. The number of carbonyl (C=O) groups is 1. The molecule has 1 fully saturated rings. The van der Waals surface area contributed by atoms with Gasteiger partial charge < -0.3 is 9.32 Å². The minimum Gasteiger partial charge on any atom is -0.461 e. The van der Waals surface area contributed by atoms with Crippen LogP contribution in [0.4, 0.5) is 0 Å². The van der Waals surface area contributed by atoms with Gasteiger partial charge in [-0.1, -0.05) is 36.4 Å². The highest BCUT2D eigenvalue weighted by Crippen LogP contribution is 2.35. The molecule has 1 saturated heterocycles. The first kappa shape index (κ1) is 16.2. The van der Waals surface area contributed by atoms with Gasteiger partial charge in [-0.05, 0) is 36.4 Å². The molecule has 4 rings (SSSR count). The van der Waals surface area contributed by atoms with E-state index in [1.54, 1.807) is 11.3 Å². The Morgan fingerprint density at radius 2 is 2.00 bits per heavy atom. The van der Waals surface area contributed by atoms with Gasteiger partial charge in [0, 0.05) is 29.8 Å². The number of carbonyl (C=O) groups excluding carboxylic acids is 1. The molecule has 25 heavy (non-hydrogen) atoms. The summed E-state index contributed by atoms with van der Waals surface area (Å²) >= 11 is 1.74. The number of rotatable bonds is 5. The first-order chi connectivity index (χ1) is 12.3. The molecule has 3 nitrogen and oxygen atoms in total. The molecule has 1 aliphatic heterocycles. The summed E-state index contributed by atoms with van der Waals surface area (Å²) in [5.41, 5.74) is 1.07. The molecule has 0 aliphatic carbocycles. The van der Waals surface area contributed by atoms with E-state index >= 15 is 0 Å². The van der Waals surface area contributed by atoms with E-state index in [4.69, 9.17) is 4.42 Å². The van der Waals surface area contributed by atoms with E-state index in [0.29, 0.717) is 12.8 Å². The van der Waals surface area contributed by atoms with Crippen LogP contribution in [0.15, 0.2) is 64.4 Å². The maximum atomic E-state index is 12.7. The zero-order valence-electron chi connectivity index (χ0n) is 14.1. The van der Waals surface area contributed by atoms with Crippen molar-refractivity contribution in [3.63, 3.8) is 0 Å². The van der Waals surface area contributed by atoms with Gasteiger partial charge in [0.25, 0.3) is 0 Å². The van der Waals surface area contributed by atoms with Crippen LogP contribution in [0.1, 0.15) is 35.9 Å². The lowest BCUT2D eigenvalue weighted by Crippen LogP contribution is -2.30. The average molecular weight is 351 g/mol. The second kappa shape index (κ2) is 7.28. The Hall–Kier alpha value is -2.33. The number of thiophene rings is 1. The summed E-state index contributed by atoms with van der Waals surface area (Å²) in [7, 11) is 0. The molecule has 3 aromatic rings. The predicted octanol–water partition coefficient (Wildman–Crippen LogP) is 5.30. The topological polar surface area (TPSA) is 33.5 Å². The standard InChI is InChI=1S/C21H21NO2S/c23-21(22-14-4-8-18(22)20-9-5-15-25-20)13-11-17-10-12-19(24-17)16-6-2-1-3-7-16/h1-3,5-7,9-10,12,15,18H,4,8,11,13-14H2/t18-/m0/s1. The van der Waals surface area contributed by atoms with Crippen molar-refractivity contribution >= 4 is 17.2 Å². The number of furan rings is 1. The first-order valence-corrected chi connectivity index (χ1v) is 9.66. The fourth-order valence-corrected chi connectivity index (χ4v) is 4.36. The molecule has 0 spiro atoms. The van der Waals surface area contributed by atoms with E-state index in [-0.39, 0.29) is 11.9 Å². The van der Waals surface area contributed by atoms with Crippen molar-refractivity contribution in [2.75, 3.05) is 6.54 Å². The van der Waals surface area contributed by atoms with Gasteiger partial charge in [-0.2, -0.15) is 0 Å². The SMILES string of the molecule is O=C(CCc1ccc(-c2ccccc2)o1)N1CCC[C@H]1c1cccs1. The quantitative estimate of drug-likeness (QED) is 0.624. The third-order valence-corrected chi connectivity index (χ3v) is 5.72. The summed E-state index contributed by atoms with van der Waals surface area (Å²) < 4.78 is 5.91. The smallest absolute Gasteiger partial charge is 0.223 e. The number of likely N-dealkylation sites (tertiary alicyclic amines) is 1. The average Bonchev–Trinajstić information content (AvgIpc) is 3.41. The zero-order valence-corrected chi connectivity index (χ0v) is 14.9. The van der Waals surface area contributed by atoms with Crippen molar-refractivity contribution < 1.29 is 9.21 Å². The fraction of sp³-hybridized carbons (Fsp3) is 0.286. The molecule has 1 amide bonds. The van der Waals surface area contributed by atoms with Crippen LogP contribution in [0.25, 0.3) is 11.3 Å². The minimum absolute atomic E-state index is 0.230. The Bertz CT molecular complexity index is 823. The zero-order chi connectivity index (χ0) is 17.1. The number of nitrogens with zero attached hydrogens (tertiary/aromatic N) is 1. The fourth-order valence-electron chi connectivity index (χ4n) is 3.49. The summed E-state index contributed by atoms with van der Waals surface area (Å²) in [6, 6.07) is 18.5. The second-order valence-electron chi connectivity index (χ2n) is 6.39. The van der Waals surface area contributed by atoms with Crippen molar-refractivity contribution in [1.82, 2.24) is 4.90 Å². The van der Waals surface area contributed by atoms with Crippen LogP contribution in [0.5, 0.6) is 0 Å². The Morgan fingerprint density at radius 3 is 2.80 bits per heavy atom. The summed E-state index contributed by atoms with van der Waals surface area (Å²) in [4.78, 5) is 16.0. The van der Waals surface area contributed by atoms with Crippen molar-refractivity contribution in [1.29, 1.82) is 0 Å². The van der Waals surface area contributed by atoms with E-state index in [1.165, 1.54) is 4.88 Å². The van der Waals surface area contributed by atoms with E-state index in [0.717, 1.165) is 36.5 Å². The van der Waals surface area contributed by atoms with Crippen LogP contribution >= 0.6 is 11.3 Å². The highest BCUT2D eigenvalue weighted by Gasteiger charge is 2.30. The Labute approximate surface area is 151 Å². The predicted molar refractivity (Wildman–Crippen MR) is 100 cm³/mol. The van der Waals surface area contributed by atoms with E-state index in [9.17, 15) is 4.79 Å². The lowest BCUT2D eigenvalue weighted by Gasteiger charge is -2.23. The summed E-state index contributed by atoms with van der Waals surface area (Å²) in [5.74, 6) is 1.97. The van der Waals surface area contributed by atoms with Gasteiger partial charge in [-0.3, -0.25) is 4.79 Å². The van der Waals surface area contributed by atoms with Gasteiger partial charge in [-0.15, -0.1) is 11.3 Å². The molecule has 0 radical (unpaired) electrons. The monoisotopic (exact) mass is 351 g/mol. The third-order valence-electron chi connectivity index (χ3n) is 4.75. The minimum atomic E-state index is 0.230. The normalized spacial score (nSPS) is 17.1. The second-order valence-corrected chi connectivity index (χ2v) is 7.37. The van der Waals surface area contributed by atoms with Crippen LogP contribution < -0.4 is 0 Å². The first-order valence-electron chi connectivity index (χ1n) is 8.78. The molecule has 0 saturated carbocycles. The van der Waals surface area contributed by atoms with Crippen molar-refractivity contribution in [2.24, 2.45) is 0 Å². The summed E-state index contributed by atoms with van der Waals surface area (Å²) in [5, 5.41) is 2.09. The maximum absolute atomic E-state index is 12.7. The third kappa shape index (κ3) is 3.54. The van der Waals surface area contributed by atoms with Gasteiger partial charge in [-0.25, -0.2) is 0 Å². The molecule has 1 aliphatic rings. The van der Waals surface area contributed by atoms with Gasteiger partial charge in [0.1, 0.15) is 11.5 Å². The number of hydrogen-bond acceptors (Lipinski definition) is 3. The molecule has 4 heteroatoms. The Kier molecular flexibility index (Phi) is 4.70. The largest absolute Gasteiger partial charge is 0.461 e. The molecule has 128 valence electrons. The van der Waals surface area contributed by atoms with E-state index < -0.39 is 0 Å². The molecule has 0 N–H and O–H groups in total. The summed E-state index contributed by atoms with van der Waals surface area (Å²) in [6.07, 6.45) is 3.32. The van der Waals surface area contributed by atoms with E-state index in [1.807, 2.05) is 47.4 Å². The highest BCUT2D eigenvalue weighted by atomic mass is 32.1. The Balaban J connectivity index is 1.38. The maximum Gasteiger partial charge on any atom is 0.223 e. The highest BCUT2D eigenvalue weighted by molar-refractivity contribution is 7.10. The van der Waals surface area contributed by atoms with Gasteiger partial charge in [0.15, 0.2) is 0 Å². The molecule has 2 aromatic heterocycles. The summed E-state index contributed by atoms with van der Waals surface area (Å²) in [6.45, 7) is 0.870. The number of amides is 1. The molecule has 0 unspecified atom stereocenters. The van der Waals surface area contributed by atoms with Crippen LogP contribution in [0.2, 0.25) is 0 Å². The number of aryl methyl sites for hydroxylation is 1. The lowest BCUT2D eigenvalue weighted by atomic mass is 10.1. The van der Waals surface area contributed by atoms with Gasteiger partial charge in [0.05, 0.1) is 6.04 Å². The molecule has 1 atom stereocenters. The van der Waals surface area contributed by atoms with Crippen LogP contribution in [0, 0.1) is 0 Å². The molecule has 1 aromatic carbocycles. The van der Waals surface area contributed by atoms with E-state index in [2.05, 4.69) is 17.5 Å². The van der Waals surface area contributed by atoms with Crippen LogP contribution in [-0.2, 0) is 11.2 Å². The van der Waals surface area contributed by atoms with Crippen molar-refractivity contribution in [3.05, 3.63) is 70.6 Å². The molecular formula is C21H21NO2S. The van der Waals surface area contributed by atoms with Crippen LogP contribution in [0.3, 0.4) is 0 Å². The van der Waals surface area contributed by atoms with Gasteiger partial charge in [0.2, 0.25) is 5.91 Å². The van der Waals surface area contributed by atoms with Crippen molar-refractivity contribution in [3.8, 4) is 11.3 Å². The van der Waals surface area contributed by atoms with Crippen LogP contribution in [-0.4, -0.2) is 17.4 Å². The van der Waals surface area contributed by atoms with Crippen molar-refractivity contribution in [2.45, 2.75) is 31.7 Å². The van der Waals surface area contributed by atoms with Gasteiger partial charge >= 0.3 is 0 Å².